The van der Waals surface area contributed by atoms with Crippen LogP contribution < -0.4 is 5.32 Å². The van der Waals surface area contributed by atoms with Gasteiger partial charge in [0.05, 0.1) is 5.69 Å². The van der Waals surface area contributed by atoms with Gasteiger partial charge in [0, 0.05) is 42.7 Å². The number of anilines is 1. The number of rotatable bonds is 4. The summed E-state index contributed by atoms with van der Waals surface area (Å²) < 4.78 is 2.11. The number of hydrogen-bond acceptors (Lipinski definition) is 2. The Hall–Kier alpha value is -1.48. The van der Waals surface area contributed by atoms with Crippen LogP contribution in [0.25, 0.3) is 10.9 Å². The van der Waals surface area contributed by atoms with Crippen LogP contribution in [0, 0.1) is 5.41 Å². The fraction of sp³-hybridized carbons (Fsp3) is 0.429. The fourth-order valence-electron chi connectivity index (χ4n) is 1.87. The van der Waals surface area contributed by atoms with E-state index in [2.05, 4.69) is 28.2 Å². The maximum absolute atomic E-state index is 9.25. The first-order chi connectivity index (χ1) is 8.03. The van der Waals surface area contributed by atoms with Crippen molar-refractivity contribution in [3.63, 3.8) is 0 Å². The molecule has 0 fully saturated rings. The largest absolute Gasteiger partial charge is 0.396 e. The first kappa shape index (κ1) is 12.0. The van der Waals surface area contributed by atoms with Crippen molar-refractivity contribution in [1.82, 2.24) is 4.57 Å². The zero-order valence-electron chi connectivity index (χ0n) is 10.7. The van der Waals surface area contributed by atoms with Crippen molar-refractivity contribution in [1.29, 1.82) is 0 Å². The molecule has 0 bridgehead atoms. The second-order valence-electron chi connectivity index (χ2n) is 5.35. The van der Waals surface area contributed by atoms with Crippen LogP contribution in [-0.2, 0) is 7.05 Å². The van der Waals surface area contributed by atoms with Crippen molar-refractivity contribution in [2.45, 2.75) is 13.8 Å². The summed E-state index contributed by atoms with van der Waals surface area (Å²) in [5, 5.41) is 13.9. The molecule has 0 unspecified atom stereocenters. The Morgan fingerprint density at radius 3 is 2.71 bits per heavy atom. The Morgan fingerprint density at radius 1 is 1.29 bits per heavy atom. The molecule has 0 atom stereocenters. The molecule has 92 valence electrons. The quantitative estimate of drug-likeness (QED) is 0.850. The maximum Gasteiger partial charge on any atom is 0.0600 e. The number of fused-ring (bicyclic) bond motifs is 1. The maximum atomic E-state index is 9.25. The summed E-state index contributed by atoms with van der Waals surface area (Å²) in [5.74, 6) is 0. The first-order valence-electron chi connectivity index (χ1n) is 5.92. The Labute approximate surface area is 102 Å². The summed E-state index contributed by atoms with van der Waals surface area (Å²) in [5.41, 5.74) is 2.25. The van der Waals surface area contributed by atoms with Gasteiger partial charge in [-0.15, -0.1) is 0 Å². The van der Waals surface area contributed by atoms with Gasteiger partial charge in [-0.2, -0.15) is 0 Å². The van der Waals surface area contributed by atoms with Gasteiger partial charge in [-0.05, 0) is 6.07 Å². The van der Waals surface area contributed by atoms with Gasteiger partial charge in [-0.25, -0.2) is 0 Å². The highest BCUT2D eigenvalue weighted by molar-refractivity contribution is 5.92. The summed E-state index contributed by atoms with van der Waals surface area (Å²) in [6.07, 6.45) is 2.10. The van der Waals surface area contributed by atoms with Gasteiger partial charge < -0.3 is 15.0 Å². The summed E-state index contributed by atoms with van der Waals surface area (Å²) in [6.45, 7) is 5.04. The lowest BCUT2D eigenvalue weighted by atomic mass is 9.95. The number of nitrogens with one attached hydrogen (secondary N) is 1. The van der Waals surface area contributed by atoms with Crippen molar-refractivity contribution in [2.24, 2.45) is 12.5 Å². The molecule has 0 saturated carbocycles. The number of hydrogen-bond donors (Lipinski definition) is 2. The highest BCUT2D eigenvalue weighted by Crippen LogP contribution is 2.26. The molecule has 17 heavy (non-hydrogen) atoms. The first-order valence-corrected chi connectivity index (χ1v) is 5.92. The van der Waals surface area contributed by atoms with Crippen molar-refractivity contribution in [3.05, 3.63) is 30.5 Å². The Kier molecular flexibility index (Phi) is 3.11. The molecule has 1 heterocycles. The van der Waals surface area contributed by atoms with Gasteiger partial charge in [0.15, 0.2) is 0 Å². The molecule has 0 aliphatic carbocycles. The number of aliphatic hydroxyl groups excluding tert-OH is 1. The molecule has 2 rings (SSSR count). The number of aromatic nitrogens is 1. The third kappa shape index (κ3) is 2.44. The molecule has 3 heteroatoms. The Morgan fingerprint density at radius 2 is 2.00 bits per heavy atom. The van der Waals surface area contributed by atoms with E-state index in [4.69, 9.17) is 0 Å². The number of nitrogens with zero attached hydrogens (tertiary/aromatic N) is 1. The topological polar surface area (TPSA) is 37.2 Å². The molecule has 2 aromatic rings. The molecule has 0 amide bonds. The van der Waals surface area contributed by atoms with E-state index in [0.717, 1.165) is 12.2 Å². The molecule has 0 aliphatic heterocycles. The highest BCUT2D eigenvalue weighted by atomic mass is 16.3. The van der Waals surface area contributed by atoms with Gasteiger partial charge in [0.25, 0.3) is 0 Å². The lowest BCUT2D eigenvalue weighted by Gasteiger charge is -2.22. The van der Waals surface area contributed by atoms with Crippen LogP contribution in [0.3, 0.4) is 0 Å². The van der Waals surface area contributed by atoms with Gasteiger partial charge in [0.1, 0.15) is 0 Å². The van der Waals surface area contributed by atoms with E-state index in [-0.39, 0.29) is 12.0 Å². The summed E-state index contributed by atoms with van der Waals surface area (Å²) >= 11 is 0. The van der Waals surface area contributed by atoms with Crippen LogP contribution in [-0.4, -0.2) is 22.8 Å². The van der Waals surface area contributed by atoms with E-state index in [1.807, 2.05) is 33.0 Å². The van der Waals surface area contributed by atoms with Crippen molar-refractivity contribution in [3.8, 4) is 0 Å². The zero-order valence-corrected chi connectivity index (χ0v) is 10.7. The van der Waals surface area contributed by atoms with Crippen LogP contribution in [0.15, 0.2) is 30.5 Å². The second-order valence-corrected chi connectivity index (χ2v) is 5.35. The van der Waals surface area contributed by atoms with Gasteiger partial charge >= 0.3 is 0 Å². The van der Waals surface area contributed by atoms with Crippen LogP contribution >= 0.6 is 0 Å². The summed E-state index contributed by atoms with van der Waals surface area (Å²) in [6, 6.07) is 8.32. The van der Waals surface area contributed by atoms with E-state index >= 15 is 0 Å². The van der Waals surface area contributed by atoms with Crippen LogP contribution in [0.1, 0.15) is 13.8 Å². The number of aliphatic hydroxyl groups is 1. The van der Waals surface area contributed by atoms with Crippen molar-refractivity contribution in [2.75, 3.05) is 18.5 Å². The minimum absolute atomic E-state index is 0.100. The SMILES string of the molecule is Cn1cc(NCC(C)(C)CO)c2ccccc21. The molecule has 3 nitrogen and oxygen atoms in total. The predicted octanol–water partition coefficient (Wildman–Crippen LogP) is 2.61. The van der Waals surface area contributed by atoms with E-state index in [0.29, 0.717) is 0 Å². The Bertz CT molecular complexity index is 514. The van der Waals surface area contributed by atoms with Gasteiger partial charge in [0.2, 0.25) is 0 Å². The van der Waals surface area contributed by atoms with Crippen LogP contribution in [0.5, 0.6) is 0 Å². The molecule has 0 spiro atoms. The molecule has 0 aliphatic rings. The normalized spacial score (nSPS) is 12.0. The van der Waals surface area contributed by atoms with Crippen molar-refractivity contribution >= 4 is 16.6 Å². The molecule has 0 radical (unpaired) electrons. The smallest absolute Gasteiger partial charge is 0.0600 e. The molecule has 0 saturated heterocycles. The number of aryl methyl sites for hydroxylation is 1. The summed E-state index contributed by atoms with van der Waals surface area (Å²) in [4.78, 5) is 0. The van der Waals surface area contributed by atoms with E-state index in [1.165, 1.54) is 10.9 Å². The molecule has 1 aromatic heterocycles. The fourth-order valence-corrected chi connectivity index (χ4v) is 1.87. The lowest BCUT2D eigenvalue weighted by molar-refractivity contribution is 0.171. The minimum Gasteiger partial charge on any atom is -0.396 e. The van der Waals surface area contributed by atoms with Crippen molar-refractivity contribution < 1.29 is 5.11 Å². The molecular weight excluding hydrogens is 212 g/mol. The lowest BCUT2D eigenvalue weighted by Crippen LogP contribution is -2.26. The average Bonchev–Trinajstić information content (AvgIpc) is 2.65. The average molecular weight is 232 g/mol. The highest BCUT2D eigenvalue weighted by Gasteiger charge is 2.16. The summed E-state index contributed by atoms with van der Waals surface area (Å²) in [7, 11) is 2.05. The predicted molar refractivity (Wildman–Crippen MR) is 72.3 cm³/mol. The second kappa shape index (κ2) is 4.41. The number of benzene rings is 1. The molecule has 1 aromatic carbocycles. The minimum atomic E-state index is -0.100. The van der Waals surface area contributed by atoms with E-state index < -0.39 is 0 Å². The van der Waals surface area contributed by atoms with Gasteiger partial charge in [-0.1, -0.05) is 32.0 Å². The zero-order chi connectivity index (χ0) is 12.5. The van der Waals surface area contributed by atoms with E-state index in [1.54, 1.807) is 0 Å². The van der Waals surface area contributed by atoms with Gasteiger partial charge in [-0.3, -0.25) is 0 Å². The Balaban J connectivity index is 2.25. The molecular formula is C14H20N2O. The molecule has 2 N–H and O–H groups in total. The monoisotopic (exact) mass is 232 g/mol. The van der Waals surface area contributed by atoms with Crippen LogP contribution in [0.2, 0.25) is 0 Å². The third-order valence-corrected chi connectivity index (χ3v) is 3.08. The standard InChI is InChI=1S/C14H20N2O/c1-14(2,10-17)9-15-12-8-16(3)13-7-5-4-6-11(12)13/h4-8,15,17H,9-10H2,1-3H3. The third-order valence-electron chi connectivity index (χ3n) is 3.08. The van der Waals surface area contributed by atoms with Crippen LogP contribution in [0.4, 0.5) is 5.69 Å². The van der Waals surface area contributed by atoms with E-state index in [9.17, 15) is 5.11 Å². The number of para-hydroxylation sites is 1.